The molecule has 0 atom stereocenters. The summed E-state index contributed by atoms with van der Waals surface area (Å²) in [7, 11) is 1.33. The van der Waals surface area contributed by atoms with Crippen molar-refractivity contribution in [2.24, 2.45) is 0 Å². The predicted octanol–water partition coefficient (Wildman–Crippen LogP) is 2.56. The zero-order chi connectivity index (χ0) is 14.8. The highest BCUT2D eigenvalue weighted by Crippen LogP contribution is 2.22. The van der Waals surface area contributed by atoms with E-state index in [1.165, 1.54) is 7.11 Å². The van der Waals surface area contributed by atoms with Gasteiger partial charge in [0.05, 0.1) is 18.8 Å². The number of aromatic nitrogens is 3. The number of hydrogen-bond donors (Lipinski definition) is 1. The lowest BCUT2D eigenvalue weighted by Gasteiger charge is -2.22. The van der Waals surface area contributed by atoms with E-state index < -0.39 is 5.97 Å². The summed E-state index contributed by atoms with van der Waals surface area (Å²) in [5.41, 5.74) is 0.116. The van der Waals surface area contributed by atoms with Gasteiger partial charge in [-0.2, -0.15) is 5.10 Å². The SMILES string of the molecule is COC(=O)c1cccc(Nc2ccnn2C(C)(C)C)n1. The largest absolute Gasteiger partial charge is 0.464 e. The smallest absolute Gasteiger partial charge is 0.356 e. The van der Waals surface area contributed by atoms with Gasteiger partial charge in [-0.1, -0.05) is 6.07 Å². The standard InChI is InChI=1S/C14H18N4O2/c1-14(2,3)18-12(8-9-15-18)17-11-7-5-6-10(16-11)13(19)20-4/h5-9H,1-4H3,(H,16,17). The molecule has 0 aliphatic carbocycles. The molecule has 6 nitrogen and oxygen atoms in total. The molecule has 0 aliphatic rings. The van der Waals surface area contributed by atoms with Crippen molar-refractivity contribution in [3.63, 3.8) is 0 Å². The molecule has 0 fully saturated rings. The van der Waals surface area contributed by atoms with E-state index in [4.69, 9.17) is 0 Å². The van der Waals surface area contributed by atoms with Crippen LogP contribution in [0, 0.1) is 0 Å². The minimum Gasteiger partial charge on any atom is -0.464 e. The third-order valence-electron chi connectivity index (χ3n) is 2.68. The van der Waals surface area contributed by atoms with Gasteiger partial charge < -0.3 is 10.1 Å². The van der Waals surface area contributed by atoms with Crippen LogP contribution in [0.4, 0.5) is 11.6 Å². The molecule has 0 unspecified atom stereocenters. The van der Waals surface area contributed by atoms with Crippen molar-refractivity contribution < 1.29 is 9.53 Å². The normalized spacial score (nSPS) is 11.2. The van der Waals surface area contributed by atoms with Crippen molar-refractivity contribution in [2.45, 2.75) is 26.3 Å². The molecular weight excluding hydrogens is 256 g/mol. The summed E-state index contributed by atoms with van der Waals surface area (Å²) in [6.07, 6.45) is 1.72. The number of ether oxygens (including phenoxy) is 1. The first-order valence-corrected chi connectivity index (χ1v) is 6.29. The second-order valence-corrected chi connectivity index (χ2v) is 5.32. The van der Waals surface area contributed by atoms with E-state index in [1.54, 1.807) is 24.4 Å². The lowest BCUT2D eigenvalue weighted by molar-refractivity contribution is 0.0594. The van der Waals surface area contributed by atoms with E-state index in [1.807, 2.05) is 10.7 Å². The third kappa shape index (κ3) is 2.96. The lowest BCUT2D eigenvalue weighted by atomic mass is 10.1. The van der Waals surface area contributed by atoms with E-state index in [9.17, 15) is 4.79 Å². The Morgan fingerprint density at radius 1 is 1.30 bits per heavy atom. The van der Waals surface area contributed by atoms with Crippen LogP contribution in [0.2, 0.25) is 0 Å². The molecular formula is C14H18N4O2. The number of anilines is 2. The molecule has 0 amide bonds. The summed E-state index contributed by atoms with van der Waals surface area (Å²) < 4.78 is 6.52. The Morgan fingerprint density at radius 2 is 2.05 bits per heavy atom. The van der Waals surface area contributed by atoms with Gasteiger partial charge >= 0.3 is 5.97 Å². The summed E-state index contributed by atoms with van der Waals surface area (Å²) >= 11 is 0. The van der Waals surface area contributed by atoms with Crippen LogP contribution in [0.25, 0.3) is 0 Å². The van der Waals surface area contributed by atoms with E-state index >= 15 is 0 Å². The highest BCUT2D eigenvalue weighted by molar-refractivity contribution is 5.87. The Hall–Kier alpha value is -2.37. The highest BCUT2D eigenvalue weighted by atomic mass is 16.5. The van der Waals surface area contributed by atoms with Gasteiger partial charge in [0.15, 0.2) is 5.69 Å². The van der Waals surface area contributed by atoms with Crippen LogP contribution in [-0.4, -0.2) is 27.8 Å². The molecule has 1 N–H and O–H groups in total. The number of carbonyl (C=O) groups is 1. The van der Waals surface area contributed by atoms with Gasteiger partial charge in [0.1, 0.15) is 11.6 Å². The van der Waals surface area contributed by atoms with Crippen LogP contribution in [0.5, 0.6) is 0 Å². The number of nitrogens with zero attached hydrogens (tertiary/aromatic N) is 3. The molecule has 0 aliphatic heterocycles. The lowest BCUT2D eigenvalue weighted by Crippen LogP contribution is -2.24. The van der Waals surface area contributed by atoms with Gasteiger partial charge in [-0.3, -0.25) is 0 Å². The highest BCUT2D eigenvalue weighted by Gasteiger charge is 2.17. The number of hydrogen-bond acceptors (Lipinski definition) is 5. The molecule has 2 aromatic heterocycles. The first-order chi connectivity index (χ1) is 9.41. The average Bonchev–Trinajstić information content (AvgIpc) is 2.86. The van der Waals surface area contributed by atoms with Gasteiger partial charge in [-0.15, -0.1) is 0 Å². The topological polar surface area (TPSA) is 69.0 Å². The number of methoxy groups -OCH3 is 1. The Labute approximate surface area is 117 Å². The third-order valence-corrected chi connectivity index (χ3v) is 2.68. The second-order valence-electron chi connectivity index (χ2n) is 5.32. The van der Waals surface area contributed by atoms with Crippen LogP contribution in [0.15, 0.2) is 30.5 Å². The number of carbonyl (C=O) groups excluding carboxylic acids is 1. The van der Waals surface area contributed by atoms with Crippen molar-refractivity contribution >= 4 is 17.6 Å². The number of nitrogens with one attached hydrogen (secondary N) is 1. The summed E-state index contributed by atoms with van der Waals surface area (Å²) in [5.74, 6) is 0.920. The Kier molecular flexibility index (Phi) is 3.74. The van der Waals surface area contributed by atoms with Gasteiger partial charge in [0.25, 0.3) is 0 Å². The monoisotopic (exact) mass is 274 g/mol. The predicted molar refractivity (Wildman–Crippen MR) is 76.1 cm³/mol. The molecule has 20 heavy (non-hydrogen) atoms. The molecule has 2 aromatic rings. The molecule has 0 bridgehead atoms. The Balaban J connectivity index is 2.27. The first kappa shape index (κ1) is 14.0. The summed E-state index contributed by atoms with van der Waals surface area (Å²) in [4.78, 5) is 15.7. The number of esters is 1. The van der Waals surface area contributed by atoms with Crippen LogP contribution in [-0.2, 0) is 10.3 Å². The van der Waals surface area contributed by atoms with Crippen LogP contribution in [0.3, 0.4) is 0 Å². The summed E-state index contributed by atoms with van der Waals surface area (Å²) in [6.45, 7) is 6.18. The van der Waals surface area contributed by atoms with Gasteiger partial charge in [-0.05, 0) is 32.9 Å². The van der Waals surface area contributed by atoms with E-state index in [0.717, 1.165) is 5.82 Å². The summed E-state index contributed by atoms with van der Waals surface area (Å²) in [5, 5.41) is 7.45. The number of rotatable bonds is 3. The molecule has 0 saturated heterocycles. The second kappa shape index (κ2) is 5.32. The van der Waals surface area contributed by atoms with E-state index in [2.05, 4.69) is 40.9 Å². The zero-order valence-electron chi connectivity index (χ0n) is 12.0. The zero-order valence-corrected chi connectivity index (χ0v) is 12.0. The molecule has 2 heterocycles. The fourth-order valence-electron chi connectivity index (χ4n) is 1.79. The summed E-state index contributed by atoms with van der Waals surface area (Å²) in [6, 6.07) is 7.00. The van der Waals surface area contributed by atoms with E-state index in [-0.39, 0.29) is 11.2 Å². The molecule has 0 radical (unpaired) electrons. The van der Waals surface area contributed by atoms with Crippen molar-refractivity contribution in [3.8, 4) is 0 Å². The number of pyridine rings is 1. The molecule has 0 aromatic carbocycles. The minimum absolute atomic E-state index is 0.147. The average molecular weight is 274 g/mol. The van der Waals surface area contributed by atoms with Crippen molar-refractivity contribution in [1.29, 1.82) is 0 Å². The van der Waals surface area contributed by atoms with Crippen LogP contribution >= 0.6 is 0 Å². The minimum atomic E-state index is -0.460. The van der Waals surface area contributed by atoms with Crippen molar-refractivity contribution in [2.75, 3.05) is 12.4 Å². The maximum absolute atomic E-state index is 11.5. The molecule has 2 rings (SSSR count). The Bertz CT molecular complexity index is 614. The fourth-order valence-corrected chi connectivity index (χ4v) is 1.79. The first-order valence-electron chi connectivity index (χ1n) is 6.29. The fraction of sp³-hybridized carbons (Fsp3) is 0.357. The van der Waals surface area contributed by atoms with Gasteiger partial charge in [0.2, 0.25) is 0 Å². The van der Waals surface area contributed by atoms with Gasteiger partial charge in [-0.25, -0.2) is 14.5 Å². The van der Waals surface area contributed by atoms with Crippen LogP contribution < -0.4 is 5.32 Å². The molecule has 0 saturated carbocycles. The molecule has 106 valence electrons. The molecule has 6 heteroatoms. The quantitative estimate of drug-likeness (QED) is 0.871. The maximum atomic E-state index is 11.5. The van der Waals surface area contributed by atoms with E-state index in [0.29, 0.717) is 5.82 Å². The van der Waals surface area contributed by atoms with Crippen LogP contribution in [0.1, 0.15) is 31.3 Å². The maximum Gasteiger partial charge on any atom is 0.356 e. The van der Waals surface area contributed by atoms with Crippen molar-refractivity contribution in [3.05, 3.63) is 36.2 Å². The van der Waals surface area contributed by atoms with Crippen molar-refractivity contribution in [1.82, 2.24) is 14.8 Å². The Morgan fingerprint density at radius 3 is 2.70 bits per heavy atom. The van der Waals surface area contributed by atoms with Gasteiger partial charge in [0, 0.05) is 6.07 Å². The molecule has 0 spiro atoms.